The van der Waals surface area contributed by atoms with Gasteiger partial charge in [0.25, 0.3) is 0 Å². The number of aryl methyl sites for hydroxylation is 1. The third-order valence-electron chi connectivity index (χ3n) is 2.25. The van der Waals surface area contributed by atoms with Crippen molar-refractivity contribution >= 4 is 11.3 Å². The zero-order valence-electron chi connectivity index (χ0n) is 8.00. The Morgan fingerprint density at radius 3 is 2.58 bits per heavy atom. The number of rotatable bonds is 3. The molecule has 2 heteroatoms. The van der Waals surface area contributed by atoms with Gasteiger partial charge < -0.3 is 5.73 Å². The van der Waals surface area contributed by atoms with Crippen molar-refractivity contribution in [2.24, 2.45) is 11.7 Å². The third-order valence-corrected chi connectivity index (χ3v) is 3.29. The highest BCUT2D eigenvalue weighted by atomic mass is 32.1. The van der Waals surface area contributed by atoms with Gasteiger partial charge in [-0.3, -0.25) is 0 Å². The molecule has 1 atom stereocenters. The molecule has 0 amide bonds. The molecule has 1 rings (SSSR count). The average molecular weight is 183 g/mol. The molecule has 0 spiro atoms. The lowest BCUT2D eigenvalue weighted by Gasteiger charge is -2.14. The van der Waals surface area contributed by atoms with Gasteiger partial charge in [-0.25, -0.2) is 0 Å². The van der Waals surface area contributed by atoms with Gasteiger partial charge in [-0.05, 0) is 36.3 Å². The molecule has 1 nitrogen and oxygen atoms in total. The molecule has 0 bridgehead atoms. The van der Waals surface area contributed by atoms with Gasteiger partial charge in [-0.15, -0.1) is 11.3 Å². The normalized spacial score (nSPS) is 13.8. The molecule has 0 aromatic carbocycles. The molecule has 0 aliphatic heterocycles. The second-order valence-corrected chi connectivity index (χ2v) is 4.64. The minimum absolute atomic E-state index is 0.308. The quantitative estimate of drug-likeness (QED) is 0.766. The SMILES string of the molecule is Cc1ccsc1CC(N)C(C)C. The molecule has 12 heavy (non-hydrogen) atoms. The second kappa shape index (κ2) is 4.06. The van der Waals surface area contributed by atoms with Gasteiger partial charge in [0, 0.05) is 10.9 Å². The fraction of sp³-hybridized carbons (Fsp3) is 0.600. The summed E-state index contributed by atoms with van der Waals surface area (Å²) in [7, 11) is 0. The predicted molar refractivity (Wildman–Crippen MR) is 55.6 cm³/mol. The highest BCUT2D eigenvalue weighted by molar-refractivity contribution is 7.10. The van der Waals surface area contributed by atoms with Crippen LogP contribution in [0, 0.1) is 12.8 Å². The highest BCUT2D eigenvalue weighted by Gasteiger charge is 2.10. The van der Waals surface area contributed by atoms with Crippen LogP contribution in [0.2, 0.25) is 0 Å². The average Bonchev–Trinajstić information content (AvgIpc) is 2.36. The van der Waals surface area contributed by atoms with E-state index >= 15 is 0 Å². The second-order valence-electron chi connectivity index (χ2n) is 3.64. The first-order valence-electron chi connectivity index (χ1n) is 4.40. The molecule has 0 saturated carbocycles. The molecule has 0 fully saturated rings. The van der Waals surface area contributed by atoms with Gasteiger partial charge in [0.2, 0.25) is 0 Å². The molecule has 1 aromatic rings. The van der Waals surface area contributed by atoms with Crippen LogP contribution in [0.4, 0.5) is 0 Å². The summed E-state index contributed by atoms with van der Waals surface area (Å²) in [6.45, 7) is 6.50. The molecule has 0 aliphatic rings. The Hall–Kier alpha value is -0.340. The van der Waals surface area contributed by atoms with Gasteiger partial charge in [0.15, 0.2) is 0 Å². The van der Waals surface area contributed by atoms with Gasteiger partial charge in [0.05, 0.1) is 0 Å². The van der Waals surface area contributed by atoms with Gasteiger partial charge in [-0.1, -0.05) is 13.8 Å². The van der Waals surface area contributed by atoms with Gasteiger partial charge in [0.1, 0.15) is 0 Å². The van der Waals surface area contributed by atoms with E-state index in [0.717, 1.165) is 6.42 Å². The molecule has 1 heterocycles. The number of hydrogen-bond donors (Lipinski definition) is 1. The van der Waals surface area contributed by atoms with Crippen molar-refractivity contribution in [2.75, 3.05) is 0 Å². The summed E-state index contributed by atoms with van der Waals surface area (Å²) in [6.07, 6.45) is 1.03. The van der Waals surface area contributed by atoms with Crippen LogP contribution in [-0.2, 0) is 6.42 Å². The zero-order valence-corrected chi connectivity index (χ0v) is 8.82. The van der Waals surface area contributed by atoms with Crippen LogP contribution < -0.4 is 5.73 Å². The maximum atomic E-state index is 5.98. The number of nitrogens with two attached hydrogens (primary N) is 1. The molecular weight excluding hydrogens is 166 g/mol. The lowest BCUT2D eigenvalue weighted by atomic mass is 10.0. The fourth-order valence-corrected chi connectivity index (χ4v) is 2.04. The van der Waals surface area contributed by atoms with E-state index in [1.807, 2.05) is 11.3 Å². The van der Waals surface area contributed by atoms with Crippen LogP contribution in [0.1, 0.15) is 24.3 Å². The van der Waals surface area contributed by atoms with E-state index < -0.39 is 0 Å². The summed E-state index contributed by atoms with van der Waals surface area (Å²) < 4.78 is 0. The summed E-state index contributed by atoms with van der Waals surface area (Å²) >= 11 is 1.82. The summed E-state index contributed by atoms with van der Waals surface area (Å²) in [5, 5.41) is 2.14. The number of hydrogen-bond acceptors (Lipinski definition) is 2. The molecule has 0 saturated heterocycles. The Balaban J connectivity index is 2.58. The molecule has 68 valence electrons. The van der Waals surface area contributed by atoms with E-state index in [1.54, 1.807) is 0 Å². The largest absolute Gasteiger partial charge is 0.327 e. The topological polar surface area (TPSA) is 26.0 Å². The van der Waals surface area contributed by atoms with Crippen molar-refractivity contribution in [3.05, 3.63) is 21.9 Å². The lowest BCUT2D eigenvalue weighted by Crippen LogP contribution is -2.28. The summed E-state index contributed by atoms with van der Waals surface area (Å²) in [5.74, 6) is 0.575. The molecule has 1 aromatic heterocycles. The van der Waals surface area contributed by atoms with Crippen molar-refractivity contribution in [1.29, 1.82) is 0 Å². The highest BCUT2D eigenvalue weighted by Crippen LogP contribution is 2.18. The van der Waals surface area contributed by atoms with E-state index in [2.05, 4.69) is 32.2 Å². The van der Waals surface area contributed by atoms with Crippen LogP contribution >= 0.6 is 11.3 Å². The minimum atomic E-state index is 0.308. The van der Waals surface area contributed by atoms with Crippen molar-refractivity contribution in [2.45, 2.75) is 33.2 Å². The summed E-state index contributed by atoms with van der Waals surface area (Å²) in [4.78, 5) is 1.44. The molecule has 2 N–H and O–H groups in total. The van der Waals surface area contributed by atoms with Gasteiger partial charge in [-0.2, -0.15) is 0 Å². The zero-order chi connectivity index (χ0) is 9.14. The third kappa shape index (κ3) is 2.32. The predicted octanol–water partition coefficient (Wildman–Crippen LogP) is 2.58. The first-order valence-corrected chi connectivity index (χ1v) is 5.27. The van der Waals surface area contributed by atoms with E-state index in [4.69, 9.17) is 5.73 Å². The maximum absolute atomic E-state index is 5.98. The van der Waals surface area contributed by atoms with Gasteiger partial charge >= 0.3 is 0 Å². The smallest absolute Gasteiger partial charge is 0.0110 e. The van der Waals surface area contributed by atoms with Crippen LogP contribution in [0.25, 0.3) is 0 Å². The molecular formula is C10H17NS. The number of thiophene rings is 1. The van der Waals surface area contributed by atoms with Crippen LogP contribution in [-0.4, -0.2) is 6.04 Å². The van der Waals surface area contributed by atoms with E-state index in [-0.39, 0.29) is 0 Å². The van der Waals surface area contributed by atoms with Crippen LogP contribution in [0.3, 0.4) is 0 Å². The maximum Gasteiger partial charge on any atom is 0.0110 e. The van der Waals surface area contributed by atoms with Crippen molar-refractivity contribution in [1.82, 2.24) is 0 Å². The lowest BCUT2D eigenvalue weighted by molar-refractivity contribution is 0.492. The van der Waals surface area contributed by atoms with E-state index in [1.165, 1.54) is 10.4 Å². The first-order chi connectivity index (χ1) is 5.61. The summed E-state index contributed by atoms with van der Waals surface area (Å²) in [5.41, 5.74) is 7.37. The Kier molecular flexibility index (Phi) is 3.29. The molecule has 1 unspecified atom stereocenters. The Morgan fingerprint density at radius 1 is 1.50 bits per heavy atom. The van der Waals surface area contributed by atoms with Crippen molar-refractivity contribution < 1.29 is 0 Å². The standard InChI is InChI=1S/C10H17NS/c1-7(2)9(11)6-10-8(3)4-5-12-10/h4-5,7,9H,6,11H2,1-3H3. The van der Waals surface area contributed by atoms with E-state index in [9.17, 15) is 0 Å². The minimum Gasteiger partial charge on any atom is -0.327 e. The van der Waals surface area contributed by atoms with Crippen LogP contribution in [0.15, 0.2) is 11.4 Å². The molecule has 0 aliphatic carbocycles. The molecule has 0 radical (unpaired) electrons. The monoisotopic (exact) mass is 183 g/mol. The Labute approximate surface area is 78.6 Å². The van der Waals surface area contributed by atoms with Crippen molar-refractivity contribution in [3.63, 3.8) is 0 Å². The van der Waals surface area contributed by atoms with Crippen LogP contribution in [0.5, 0.6) is 0 Å². The fourth-order valence-electron chi connectivity index (χ4n) is 1.06. The first kappa shape index (κ1) is 9.75. The van der Waals surface area contributed by atoms with Crippen molar-refractivity contribution in [3.8, 4) is 0 Å². The Morgan fingerprint density at radius 2 is 2.17 bits per heavy atom. The Bertz CT molecular complexity index is 240. The van der Waals surface area contributed by atoms with E-state index in [0.29, 0.717) is 12.0 Å². The summed E-state index contributed by atoms with van der Waals surface area (Å²) in [6, 6.07) is 2.47.